The number of nitrogens with one attached hydrogen (secondary N) is 1. The quantitative estimate of drug-likeness (QED) is 0.491. The third kappa shape index (κ3) is 5.72. The predicted molar refractivity (Wildman–Crippen MR) is 126 cm³/mol. The molecule has 0 bridgehead atoms. The van der Waals surface area contributed by atoms with Gasteiger partial charge < -0.3 is 19.7 Å². The Hall–Kier alpha value is -2.77. The van der Waals surface area contributed by atoms with Crippen LogP contribution < -0.4 is 10.1 Å². The molecule has 0 fully saturated rings. The molecule has 1 unspecified atom stereocenters. The Bertz CT molecular complexity index is 1050. The first-order chi connectivity index (χ1) is 15.3. The molecule has 2 N–H and O–H groups in total. The van der Waals surface area contributed by atoms with Gasteiger partial charge in [-0.25, -0.2) is 0 Å². The van der Waals surface area contributed by atoms with Crippen LogP contribution in [0.3, 0.4) is 0 Å². The Morgan fingerprint density at radius 1 is 1.12 bits per heavy atom. The molecule has 0 radical (unpaired) electrons. The lowest BCUT2D eigenvalue weighted by molar-refractivity contribution is 0.107. The molecule has 0 saturated carbocycles. The maximum Gasteiger partial charge on any atom is 0.276 e. The summed E-state index contributed by atoms with van der Waals surface area (Å²) in [7, 11) is 1.80. The minimum atomic E-state index is -0.563. The Labute approximate surface area is 190 Å². The van der Waals surface area contributed by atoms with Gasteiger partial charge in [0.25, 0.3) is 5.89 Å². The maximum absolute atomic E-state index is 9.96. The van der Waals surface area contributed by atoms with Crippen LogP contribution in [0.5, 0.6) is 5.75 Å². The molecule has 0 aliphatic rings. The summed E-state index contributed by atoms with van der Waals surface area (Å²) in [6, 6.07) is 6.01. The minimum Gasteiger partial charge on any atom is -0.490 e. The number of likely N-dealkylation sites (N-methyl/N-ethyl adjacent to an activating group) is 1. The van der Waals surface area contributed by atoms with Gasteiger partial charge in [0.1, 0.15) is 24.2 Å². The number of aromatic nitrogens is 3. The lowest BCUT2D eigenvalue weighted by Crippen LogP contribution is -2.29. The summed E-state index contributed by atoms with van der Waals surface area (Å²) in [6.07, 6.45) is 3.12. The average Bonchev–Trinajstić information content (AvgIpc) is 3.24. The smallest absolute Gasteiger partial charge is 0.276 e. The van der Waals surface area contributed by atoms with E-state index in [0.717, 1.165) is 35.3 Å². The van der Waals surface area contributed by atoms with E-state index in [-0.39, 0.29) is 6.61 Å². The van der Waals surface area contributed by atoms with Crippen LogP contribution in [0.15, 0.2) is 28.9 Å². The van der Waals surface area contributed by atoms with Gasteiger partial charge in [0.05, 0.1) is 0 Å². The van der Waals surface area contributed by atoms with Crippen LogP contribution in [0, 0.1) is 19.8 Å². The van der Waals surface area contributed by atoms with Crippen molar-refractivity contribution < 1.29 is 14.4 Å². The van der Waals surface area contributed by atoms with Crippen molar-refractivity contribution in [3.8, 4) is 28.7 Å². The summed E-state index contributed by atoms with van der Waals surface area (Å²) in [6.45, 7) is 11.3. The fourth-order valence-electron chi connectivity index (χ4n) is 3.72. The first-order valence-corrected chi connectivity index (χ1v) is 11.2. The number of hydrogen-bond donors (Lipinski definition) is 2. The zero-order chi connectivity index (χ0) is 23.3. The van der Waals surface area contributed by atoms with Crippen LogP contribution in [0.4, 0.5) is 0 Å². The van der Waals surface area contributed by atoms with Crippen LogP contribution in [0.2, 0.25) is 0 Å². The van der Waals surface area contributed by atoms with Gasteiger partial charge in [-0.3, -0.25) is 4.98 Å². The first-order valence-electron chi connectivity index (χ1n) is 11.2. The zero-order valence-corrected chi connectivity index (χ0v) is 19.9. The molecule has 7 nitrogen and oxygen atoms in total. The average molecular weight is 439 g/mol. The van der Waals surface area contributed by atoms with Crippen molar-refractivity contribution >= 4 is 0 Å². The van der Waals surface area contributed by atoms with Crippen molar-refractivity contribution in [1.29, 1.82) is 0 Å². The second-order valence-corrected chi connectivity index (χ2v) is 8.67. The van der Waals surface area contributed by atoms with E-state index < -0.39 is 6.10 Å². The van der Waals surface area contributed by atoms with Gasteiger partial charge in [0.15, 0.2) is 0 Å². The number of rotatable bonds is 10. The van der Waals surface area contributed by atoms with Crippen molar-refractivity contribution in [2.75, 3.05) is 20.2 Å². The molecule has 1 atom stereocenters. The van der Waals surface area contributed by atoms with E-state index in [1.54, 1.807) is 7.05 Å². The molecule has 0 saturated heterocycles. The molecular weight excluding hydrogens is 404 g/mol. The molecule has 3 aromatic rings. The molecule has 0 aliphatic heterocycles. The van der Waals surface area contributed by atoms with Crippen LogP contribution in [-0.2, 0) is 12.8 Å². The summed E-state index contributed by atoms with van der Waals surface area (Å²) >= 11 is 0. The minimum absolute atomic E-state index is 0.234. The summed E-state index contributed by atoms with van der Waals surface area (Å²) in [4.78, 5) is 9.14. The Morgan fingerprint density at radius 2 is 1.91 bits per heavy atom. The van der Waals surface area contributed by atoms with Crippen molar-refractivity contribution in [3.05, 3.63) is 46.6 Å². The van der Waals surface area contributed by atoms with Gasteiger partial charge in [0.2, 0.25) is 5.82 Å². The van der Waals surface area contributed by atoms with Crippen molar-refractivity contribution in [3.63, 3.8) is 0 Å². The summed E-state index contributed by atoms with van der Waals surface area (Å²) in [5.74, 6) is 2.30. The normalized spacial score (nSPS) is 12.4. The lowest BCUT2D eigenvalue weighted by Gasteiger charge is -2.17. The molecule has 2 heterocycles. The summed E-state index contributed by atoms with van der Waals surface area (Å²) in [5, 5.41) is 17.1. The second kappa shape index (κ2) is 10.7. The molecule has 1 aromatic carbocycles. The lowest BCUT2D eigenvalue weighted by atomic mass is 10.0. The predicted octanol–water partition coefficient (Wildman–Crippen LogP) is 4.14. The number of hydrogen-bond acceptors (Lipinski definition) is 7. The van der Waals surface area contributed by atoms with E-state index >= 15 is 0 Å². The standard InChI is InChI=1S/C25H34N4O3/c1-7-18-11-19(9-17(5)23(18)31-14-21(30)13-26-6)24-28-25(32-29-24)22-10-16(4)20(12-27-22)8-15(2)3/h9-12,15,21,26,30H,7-8,13-14H2,1-6H3. The SMILES string of the molecule is CCc1cc(-c2noc(-c3cc(C)c(CC(C)C)cn3)n2)cc(C)c1OCC(O)CNC. The molecule has 2 aromatic heterocycles. The van der Waals surface area contributed by atoms with Crippen LogP contribution in [0.25, 0.3) is 23.0 Å². The van der Waals surface area contributed by atoms with Crippen LogP contribution in [-0.4, -0.2) is 46.5 Å². The summed E-state index contributed by atoms with van der Waals surface area (Å²) < 4.78 is 11.5. The second-order valence-electron chi connectivity index (χ2n) is 8.67. The van der Waals surface area contributed by atoms with Crippen LogP contribution >= 0.6 is 0 Å². The first kappa shape index (κ1) is 23.9. The number of aliphatic hydroxyl groups is 1. The number of pyridine rings is 1. The highest BCUT2D eigenvalue weighted by atomic mass is 16.5. The number of aliphatic hydroxyl groups excluding tert-OH is 1. The number of nitrogens with zero attached hydrogens (tertiary/aromatic N) is 3. The highest BCUT2D eigenvalue weighted by Crippen LogP contribution is 2.31. The fourth-order valence-corrected chi connectivity index (χ4v) is 3.72. The van der Waals surface area contributed by atoms with Crippen molar-refractivity contribution in [2.45, 2.75) is 53.6 Å². The Kier molecular flexibility index (Phi) is 7.99. The van der Waals surface area contributed by atoms with Gasteiger partial charge in [-0.1, -0.05) is 25.9 Å². The monoisotopic (exact) mass is 438 g/mol. The van der Waals surface area contributed by atoms with Gasteiger partial charge in [-0.2, -0.15) is 4.98 Å². The highest BCUT2D eigenvalue weighted by molar-refractivity contribution is 5.63. The largest absolute Gasteiger partial charge is 0.490 e. The molecule has 32 heavy (non-hydrogen) atoms. The molecule has 0 amide bonds. The molecule has 0 spiro atoms. The van der Waals surface area contributed by atoms with Gasteiger partial charge in [0, 0.05) is 18.3 Å². The third-order valence-electron chi connectivity index (χ3n) is 5.34. The molecule has 7 heteroatoms. The maximum atomic E-state index is 9.96. The van der Waals surface area contributed by atoms with E-state index in [1.165, 1.54) is 11.1 Å². The van der Waals surface area contributed by atoms with E-state index in [2.05, 4.69) is 48.1 Å². The van der Waals surface area contributed by atoms with Gasteiger partial charge in [-0.15, -0.1) is 0 Å². The number of ether oxygens (including phenoxy) is 1. The van der Waals surface area contributed by atoms with Gasteiger partial charge >= 0.3 is 0 Å². The molecule has 0 aliphatic carbocycles. The Balaban J connectivity index is 1.84. The Morgan fingerprint density at radius 3 is 2.56 bits per heavy atom. The molecular formula is C25H34N4O3. The van der Waals surface area contributed by atoms with Crippen molar-refractivity contribution in [1.82, 2.24) is 20.4 Å². The zero-order valence-electron chi connectivity index (χ0n) is 19.9. The number of benzene rings is 1. The van der Waals surface area contributed by atoms with Crippen LogP contribution in [0.1, 0.15) is 43.0 Å². The van der Waals surface area contributed by atoms with E-state index in [0.29, 0.717) is 29.9 Å². The van der Waals surface area contributed by atoms with Gasteiger partial charge in [-0.05, 0) is 80.1 Å². The fraction of sp³-hybridized carbons (Fsp3) is 0.480. The number of aryl methyl sites for hydroxylation is 3. The van der Waals surface area contributed by atoms with E-state index in [4.69, 9.17) is 9.26 Å². The van der Waals surface area contributed by atoms with E-state index in [1.807, 2.05) is 31.3 Å². The van der Waals surface area contributed by atoms with Crippen molar-refractivity contribution in [2.24, 2.45) is 5.92 Å². The van der Waals surface area contributed by atoms with E-state index in [9.17, 15) is 5.11 Å². The highest BCUT2D eigenvalue weighted by Gasteiger charge is 2.17. The summed E-state index contributed by atoms with van der Waals surface area (Å²) in [5.41, 5.74) is 5.96. The topological polar surface area (TPSA) is 93.3 Å². The molecule has 172 valence electrons. The third-order valence-corrected chi connectivity index (χ3v) is 5.34. The molecule has 3 rings (SSSR count).